The van der Waals surface area contributed by atoms with Crippen LogP contribution in [0, 0.1) is 12.7 Å². The summed E-state index contributed by atoms with van der Waals surface area (Å²) in [5.74, 6) is -1.33. The SMILES string of the molecule is CCCCc1cc(F)c(C)c(C(=O)Nc2ccc(C(c3ccccc3)(c3ccccc3)c3ccccc3)cc2Cl)c1O. The van der Waals surface area contributed by atoms with Gasteiger partial charge in [0.1, 0.15) is 11.6 Å². The molecular formula is C37H33ClFNO2. The van der Waals surface area contributed by atoms with Crippen LogP contribution in [-0.4, -0.2) is 11.0 Å². The largest absolute Gasteiger partial charge is 0.507 e. The summed E-state index contributed by atoms with van der Waals surface area (Å²) in [7, 11) is 0. The first-order valence-corrected chi connectivity index (χ1v) is 14.5. The van der Waals surface area contributed by atoms with Crippen molar-refractivity contribution in [1.29, 1.82) is 0 Å². The van der Waals surface area contributed by atoms with E-state index in [0.717, 1.165) is 35.1 Å². The smallest absolute Gasteiger partial charge is 0.259 e. The Labute approximate surface area is 251 Å². The van der Waals surface area contributed by atoms with Gasteiger partial charge in [-0.1, -0.05) is 122 Å². The van der Waals surface area contributed by atoms with Gasteiger partial charge in [0.05, 0.1) is 21.7 Å². The number of benzene rings is 5. The van der Waals surface area contributed by atoms with E-state index in [0.29, 0.717) is 22.7 Å². The Morgan fingerprint density at radius 2 is 1.33 bits per heavy atom. The van der Waals surface area contributed by atoms with E-state index in [1.165, 1.54) is 13.0 Å². The van der Waals surface area contributed by atoms with Crippen LogP contribution in [-0.2, 0) is 11.8 Å². The highest BCUT2D eigenvalue weighted by molar-refractivity contribution is 6.34. The molecule has 5 heteroatoms. The number of halogens is 2. The van der Waals surface area contributed by atoms with Crippen LogP contribution >= 0.6 is 11.6 Å². The first-order valence-electron chi connectivity index (χ1n) is 14.2. The summed E-state index contributed by atoms with van der Waals surface area (Å²) >= 11 is 6.89. The number of phenols is 1. The number of carbonyl (C=O) groups is 1. The number of anilines is 1. The summed E-state index contributed by atoms with van der Waals surface area (Å²) in [5, 5.41) is 14.1. The molecule has 0 aromatic heterocycles. The van der Waals surface area contributed by atoms with Gasteiger partial charge < -0.3 is 10.4 Å². The number of aromatic hydroxyl groups is 1. The molecule has 2 N–H and O–H groups in total. The number of amides is 1. The van der Waals surface area contributed by atoms with E-state index in [4.69, 9.17) is 11.6 Å². The summed E-state index contributed by atoms with van der Waals surface area (Å²) in [6.45, 7) is 3.51. The van der Waals surface area contributed by atoms with Gasteiger partial charge in [-0.2, -0.15) is 0 Å². The fraction of sp³-hybridized carbons (Fsp3) is 0.162. The molecule has 212 valence electrons. The monoisotopic (exact) mass is 577 g/mol. The van der Waals surface area contributed by atoms with Gasteiger partial charge >= 0.3 is 0 Å². The van der Waals surface area contributed by atoms with Crippen LogP contribution < -0.4 is 5.32 Å². The van der Waals surface area contributed by atoms with Crippen LogP contribution in [0.15, 0.2) is 115 Å². The Hall–Kier alpha value is -4.41. The molecule has 0 bridgehead atoms. The van der Waals surface area contributed by atoms with Gasteiger partial charge in [0, 0.05) is 5.56 Å². The molecule has 0 aliphatic carbocycles. The molecule has 3 nitrogen and oxygen atoms in total. The third-order valence-corrected chi connectivity index (χ3v) is 8.19. The molecule has 0 fully saturated rings. The second kappa shape index (κ2) is 12.6. The summed E-state index contributed by atoms with van der Waals surface area (Å²) in [5.41, 5.74) is 4.22. The predicted molar refractivity (Wildman–Crippen MR) is 169 cm³/mol. The zero-order chi connectivity index (χ0) is 29.7. The predicted octanol–water partition coefficient (Wildman–Crippen LogP) is 9.47. The van der Waals surface area contributed by atoms with Crippen LogP contribution in [0.4, 0.5) is 10.1 Å². The number of hydrogen-bond donors (Lipinski definition) is 2. The second-order valence-electron chi connectivity index (χ2n) is 10.5. The van der Waals surface area contributed by atoms with Gasteiger partial charge in [-0.15, -0.1) is 0 Å². The van der Waals surface area contributed by atoms with E-state index in [9.17, 15) is 14.3 Å². The lowest BCUT2D eigenvalue weighted by molar-refractivity contribution is 0.102. The molecule has 1 amide bonds. The van der Waals surface area contributed by atoms with Crippen LogP contribution in [0.5, 0.6) is 5.75 Å². The highest BCUT2D eigenvalue weighted by Gasteiger charge is 2.38. The Morgan fingerprint density at radius 3 is 1.81 bits per heavy atom. The van der Waals surface area contributed by atoms with Crippen LogP contribution in [0.2, 0.25) is 5.02 Å². The summed E-state index contributed by atoms with van der Waals surface area (Å²) in [6, 6.07) is 37.7. The molecule has 0 radical (unpaired) electrons. The van der Waals surface area contributed by atoms with Crippen molar-refractivity contribution < 1.29 is 14.3 Å². The second-order valence-corrected chi connectivity index (χ2v) is 10.9. The zero-order valence-electron chi connectivity index (χ0n) is 23.7. The molecule has 0 spiro atoms. The average Bonchev–Trinajstić information content (AvgIpc) is 3.02. The van der Waals surface area contributed by atoms with Gasteiger partial charge in [0.2, 0.25) is 0 Å². The minimum absolute atomic E-state index is 0.0755. The summed E-state index contributed by atoms with van der Waals surface area (Å²) in [6.07, 6.45) is 2.14. The Kier molecular flexibility index (Phi) is 8.75. The molecule has 0 aliphatic rings. The minimum atomic E-state index is -0.693. The van der Waals surface area contributed by atoms with Gasteiger partial charge in [0.15, 0.2) is 0 Å². The number of nitrogens with one attached hydrogen (secondary N) is 1. The van der Waals surface area contributed by atoms with Gasteiger partial charge in [-0.3, -0.25) is 4.79 Å². The summed E-state index contributed by atoms with van der Waals surface area (Å²) < 4.78 is 14.8. The number of rotatable bonds is 9. The van der Waals surface area contributed by atoms with Crippen molar-refractivity contribution in [2.45, 2.75) is 38.5 Å². The Morgan fingerprint density at radius 1 is 0.810 bits per heavy atom. The Balaban J connectivity index is 1.61. The standard InChI is InChI=1S/C37H33ClFNO2/c1-3-4-14-26-23-32(39)25(2)34(35(26)41)36(42)40-33-22-21-30(24-31(33)38)37(27-15-8-5-9-16-27,28-17-10-6-11-18-28)29-19-12-7-13-20-29/h5-13,15-24,41H,3-4,14H2,1-2H3,(H,40,42). The molecule has 5 aromatic carbocycles. The highest BCUT2D eigenvalue weighted by Crippen LogP contribution is 2.46. The molecule has 42 heavy (non-hydrogen) atoms. The number of phenolic OH excluding ortho intramolecular Hbond substituents is 1. The van der Waals surface area contributed by atoms with E-state index in [1.807, 2.05) is 73.7 Å². The highest BCUT2D eigenvalue weighted by atomic mass is 35.5. The van der Waals surface area contributed by atoms with Crippen molar-refractivity contribution in [3.8, 4) is 5.75 Å². The normalized spacial score (nSPS) is 11.3. The fourth-order valence-electron chi connectivity index (χ4n) is 5.72. The first-order chi connectivity index (χ1) is 20.4. The van der Waals surface area contributed by atoms with E-state index < -0.39 is 17.1 Å². The van der Waals surface area contributed by atoms with Crippen LogP contribution in [0.1, 0.15) is 63.5 Å². The lowest BCUT2D eigenvalue weighted by atomic mass is 9.65. The molecule has 0 saturated carbocycles. The summed E-state index contributed by atoms with van der Waals surface area (Å²) in [4.78, 5) is 13.4. The maximum atomic E-state index is 14.8. The lowest BCUT2D eigenvalue weighted by Crippen LogP contribution is -2.31. The number of carbonyl (C=O) groups excluding carboxylic acids is 1. The number of unbranched alkanes of at least 4 members (excludes halogenated alkanes) is 1. The van der Waals surface area contributed by atoms with Gasteiger partial charge in [-0.05, 0) is 65.8 Å². The molecule has 0 atom stereocenters. The maximum absolute atomic E-state index is 14.8. The molecule has 5 aromatic rings. The fourth-order valence-corrected chi connectivity index (χ4v) is 5.95. The molecule has 0 aliphatic heterocycles. The number of aryl methyl sites for hydroxylation is 1. The van der Waals surface area contributed by atoms with E-state index in [-0.39, 0.29) is 16.9 Å². The molecular weight excluding hydrogens is 545 g/mol. The van der Waals surface area contributed by atoms with Crippen molar-refractivity contribution in [2.24, 2.45) is 0 Å². The lowest BCUT2D eigenvalue weighted by Gasteiger charge is -2.37. The third-order valence-electron chi connectivity index (χ3n) is 7.87. The van der Waals surface area contributed by atoms with Crippen molar-refractivity contribution in [1.82, 2.24) is 0 Å². The third kappa shape index (κ3) is 5.43. The minimum Gasteiger partial charge on any atom is -0.507 e. The molecule has 0 saturated heterocycles. The quantitative estimate of drug-likeness (QED) is 0.171. The van der Waals surface area contributed by atoms with Gasteiger partial charge in [0.25, 0.3) is 5.91 Å². The van der Waals surface area contributed by atoms with Crippen LogP contribution in [0.3, 0.4) is 0 Å². The maximum Gasteiger partial charge on any atom is 0.259 e. The van der Waals surface area contributed by atoms with Crippen LogP contribution in [0.25, 0.3) is 0 Å². The average molecular weight is 578 g/mol. The number of hydrogen-bond acceptors (Lipinski definition) is 2. The van der Waals surface area contributed by atoms with Crippen molar-refractivity contribution >= 4 is 23.2 Å². The van der Waals surface area contributed by atoms with E-state index in [1.54, 1.807) is 6.07 Å². The van der Waals surface area contributed by atoms with Crippen molar-refractivity contribution in [2.75, 3.05) is 5.32 Å². The molecule has 0 heterocycles. The topological polar surface area (TPSA) is 49.3 Å². The zero-order valence-corrected chi connectivity index (χ0v) is 24.5. The Bertz CT molecular complexity index is 1590. The van der Waals surface area contributed by atoms with Crippen molar-refractivity contribution in [3.05, 3.63) is 165 Å². The van der Waals surface area contributed by atoms with Gasteiger partial charge in [-0.25, -0.2) is 4.39 Å². The molecule has 0 unspecified atom stereocenters. The molecule has 5 rings (SSSR count). The van der Waals surface area contributed by atoms with Crippen molar-refractivity contribution in [3.63, 3.8) is 0 Å². The van der Waals surface area contributed by atoms with E-state index in [2.05, 4.69) is 41.7 Å². The van der Waals surface area contributed by atoms with E-state index >= 15 is 0 Å². The first kappa shape index (κ1) is 29.1.